The van der Waals surface area contributed by atoms with Crippen molar-refractivity contribution in [3.05, 3.63) is 43.2 Å². The van der Waals surface area contributed by atoms with Gasteiger partial charge in [0.25, 0.3) is 11.1 Å². The molecule has 0 fully saturated rings. The molecular formula is C18H20Cl2N8O4. The van der Waals surface area contributed by atoms with Crippen molar-refractivity contribution < 1.29 is 9.59 Å². The number of nitrogens with one attached hydrogen (secondary N) is 2. The van der Waals surface area contributed by atoms with Crippen LogP contribution in [0, 0.1) is 0 Å². The summed E-state index contributed by atoms with van der Waals surface area (Å²) in [4.78, 5) is 60.5. The van der Waals surface area contributed by atoms with Crippen LogP contribution in [0.3, 0.4) is 0 Å². The van der Waals surface area contributed by atoms with Gasteiger partial charge >= 0.3 is 0 Å². The smallest absolute Gasteiger partial charge is 0.278 e. The number of aryl methyl sites for hydroxylation is 1. The van der Waals surface area contributed by atoms with Crippen LogP contribution in [0.1, 0.15) is 32.4 Å². The second-order valence-electron chi connectivity index (χ2n) is 6.55. The number of halogens is 2. The molecule has 32 heavy (non-hydrogen) atoms. The first-order valence-electron chi connectivity index (χ1n) is 9.23. The Morgan fingerprint density at radius 1 is 1.09 bits per heavy atom. The average Bonchev–Trinajstić information content (AvgIpc) is 3.10. The van der Waals surface area contributed by atoms with Gasteiger partial charge in [-0.1, -0.05) is 0 Å². The molecular weight excluding hydrogens is 463 g/mol. The number of aromatic nitrogens is 6. The summed E-state index contributed by atoms with van der Waals surface area (Å²) in [5.74, 6) is 0.0871. The van der Waals surface area contributed by atoms with E-state index in [0.717, 1.165) is 0 Å². The van der Waals surface area contributed by atoms with E-state index in [1.54, 1.807) is 0 Å². The first-order chi connectivity index (χ1) is 15.1. The maximum Gasteiger partial charge on any atom is 0.278 e. The van der Waals surface area contributed by atoms with Crippen molar-refractivity contribution in [1.29, 1.82) is 0 Å². The summed E-state index contributed by atoms with van der Waals surface area (Å²) in [6, 6.07) is 0. The minimum Gasteiger partial charge on any atom is -0.392 e. The van der Waals surface area contributed by atoms with Crippen LogP contribution in [-0.4, -0.2) is 54.0 Å². The van der Waals surface area contributed by atoms with Gasteiger partial charge in [0.1, 0.15) is 28.5 Å². The van der Waals surface area contributed by atoms with E-state index in [2.05, 4.69) is 30.0 Å². The number of rotatable bonds is 7. The molecule has 0 spiro atoms. The lowest BCUT2D eigenvalue weighted by atomic mass is 10.3. The number of aliphatic imine (C=N–C) groups is 1. The minimum absolute atomic E-state index is 0.0311. The predicted octanol–water partition coefficient (Wildman–Crippen LogP) is 1.16. The summed E-state index contributed by atoms with van der Waals surface area (Å²) in [5.41, 5.74) is 5.54. The molecule has 0 amide bonds. The van der Waals surface area contributed by atoms with E-state index in [-0.39, 0.29) is 39.1 Å². The SMILES string of the molecule is CC(=O)CCN=Cc1nc(Cl)[nH]c(=O)c1N.CC(=O)CCn1ncc2nc(Cl)[nH]c(=O)c21. The van der Waals surface area contributed by atoms with Crippen molar-refractivity contribution in [3.63, 3.8) is 0 Å². The van der Waals surface area contributed by atoms with E-state index in [1.807, 2.05) is 0 Å². The zero-order chi connectivity index (χ0) is 23.8. The molecule has 0 atom stereocenters. The number of ketones is 2. The van der Waals surface area contributed by atoms with Gasteiger partial charge in [0.15, 0.2) is 5.52 Å². The molecule has 3 aromatic heterocycles. The minimum atomic E-state index is -0.506. The van der Waals surface area contributed by atoms with Crippen LogP contribution in [0.15, 0.2) is 20.8 Å². The summed E-state index contributed by atoms with van der Waals surface area (Å²) < 4.78 is 1.46. The van der Waals surface area contributed by atoms with Crippen LogP contribution >= 0.6 is 23.2 Å². The zero-order valence-corrected chi connectivity index (χ0v) is 18.7. The number of Topliss-reactive ketones (excluding diaryl/α,β-unsaturated/α-hetero) is 2. The van der Waals surface area contributed by atoms with E-state index >= 15 is 0 Å². The number of fused-ring (bicyclic) bond motifs is 1. The first kappa shape index (κ1) is 24.9. The van der Waals surface area contributed by atoms with Crippen LogP contribution in [-0.2, 0) is 16.1 Å². The molecule has 0 saturated heterocycles. The molecule has 3 heterocycles. The van der Waals surface area contributed by atoms with Gasteiger partial charge in [-0.3, -0.25) is 38.8 Å². The lowest BCUT2D eigenvalue weighted by Crippen LogP contribution is -2.16. The fourth-order valence-corrected chi connectivity index (χ4v) is 2.71. The molecule has 14 heteroatoms. The standard InChI is InChI=1S/C9H9ClN4O2.C9H11ClN4O2/c1-5(15)2-3-14-7-6(4-11-14)12-9(10)13-8(7)16;1-5(15)2-3-12-4-6-7(11)8(16)14-9(10)13-6/h4H,2-3H2,1H3,(H,12,13,16);4H,2-3,11H2,1H3,(H,13,14,16). The van der Waals surface area contributed by atoms with Crippen LogP contribution < -0.4 is 16.9 Å². The number of hydrogen-bond donors (Lipinski definition) is 3. The first-order valence-corrected chi connectivity index (χ1v) is 9.99. The highest BCUT2D eigenvalue weighted by molar-refractivity contribution is 6.28. The van der Waals surface area contributed by atoms with Gasteiger partial charge in [-0.25, -0.2) is 9.97 Å². The lowest BCUT2D eigenvalue weighted by Gasteiger charge is -2.00. The third kappa shape index (κ3) is 7.10. The van der Waals surface area contributed by atoms with Crippen LogP contribution in [0.25, 0.3) is 11.0 Å². The van der Waals surface area contributed by atoms with E-state index < -0.39 is 5.56 Å². The summed E-state index contributed by atoms with van der Waals surface area (Å²) in [6.07, 6.45) is 3.46. The van der Waals surface area contributed by atoms with E-state index in [4.69, 9.17) is 28.9 Å². The van der Waals surface area contributed by atoms with Gasteiger partial charge in [0.2, 0.25) is 10.6 Å². The molecule has 170 valence electrons. The molecule has 3 aromatic rings. The molecule has 4 N–H and O–H groups in total. The van der Waals surface area contributed by atoms with Crippen molar-refractivity contribution in [2.24, 2.45) is 4.99 Å². The second kappa shape index (κ2) is 11.3. The van der Waals surface area contributed by atoms with Gasteiger partial charge in [-0.2, -0.15) is 5.10 Å². The van der Waals surface area contributed by atoms with Gasteiger partial charge in [0.05, 0.1) is 6.20 Å². The van der Waals surface area contributed by atoms with E-state index in [0.29, 0.717) is 37.0 Å². The van der Waals surface area contributed by atoms with Gasteiger partial charge in [0, 0.05) is 32.1 Å². The predicted molar refractivity (Wildman–Crippen MR) is 120 cm³/mol. The number of hydrogen-bond acceptors (Lipinski definition) is 9. The van der Waals surface area contributed by atoms with Crippen LogP contribution in [0.4, 0.5) is 5.69 Å². The van der Waals surface area contributed by atoms with Crippen molar-refractivity contribution >= 4 is 57.7 Å². The maximum absolute atomic E-state index is 11.6. The van der Waals surface area contributed by atoms with Crippen molar-refractivity contribution in [3.8, 4) is 0 Å². The number of carbonyl (C=O) groups excluding carboxylic acids is 2. The largest absolute Gasteiger partial charge is 0.392 e. The maximum atomic E-state index is 11.6. The molecule has 0 aliphatic carbocycles. The Balaban J connectivity index is 0.000000227. The van der Waals surface area contributed by atoms with Crippen LogP contribution in [0.2, 0.25) is 10.6 Å². The fraction of sp³-hybridized carbons (Fsp3) is 0.333. The van der Waals surface area contributed by atoms with Gasteiger partial charge in [-0.15, -0.1) is 0 Å². The molecule has 12 nitrogen and oxygen atoms in total. The Morgan fingerprint density at radius 2 is 1.72 bits per heavy atom. The number of anilines is 1. The van der Waals surface area contributed by atoms with Gasteiger partial charge < -0.3 is 5.73 Å². The van der Waals surface area contributed by atoms with Crippen molar-refractivity contribution in [2.45, 2.75) is 33.2 Å². The number of nitrogen functional groups attached to an aromatic ring is 1. The number of aromatic amines is 2. The second-order valence-corrected chi connectivity index (χ2v) is 7.27. The number of nitrogens with two attached hydrogens (primary N) is 1. The average molecular weight is 483 g/mol. The molecule has 0 aromatic carbocycles. The summed E-state index contributed by atoms with van der Waals surface area (Å²) >= 11 is 11.2. The van der Waals surface area contributed by atoms with Gasteiger partial charge in [-0.05, 0) is 37.0 Å². The third-order valence-electron chi connectivity index (χ3n) is 3.91. The topological polar surface area (TPSA) is 182 Å². The molecule has 0 saturated carbocycles. The van der Waals surface area contributed by atoms with E-state index in [1.165, 1.54) is 30.9 Å². The Morgan fingerprint density at radius 3 is 2.38 bits per heavy atom. The van der Waals surface area contributed by atoms with Crippen molar-refractivity contribution in [2.75, 3.05) is 12.3 Å². The molecule has 0 bridgehead atoms. The van der Waals surface area contributed by atoms with Crippen LogP contribution in [0.5, 0.6) is 0 Å². The number of carbonyl (C=O) groups is 2. The highest BCUT2D eigenvalue weighted by Gasteiger charge is 2.10. The Bertz CT molecular complexity index is 1280. The monoisotopic (exact) mass is 482 g/mol. The number of nitrogens with zero attached hydrogens (tertiary/aromatic N) is 5. The van der Waals surface area contributed by atoms with Crippen molar-refractivity contribution in [1.82, 2.24) is 29.7 Å². The quantitative estimate of drug-likeness (QED) is 0.330. The zero-order valence-electron chi connectivity index (χ0n) is 17.2. The lowest BCUT2D eigenvalue weighted by molar-refractivity contribution is -0.117. The fourth-order valence-electron chi connectivity index (χ4n) is 2.35. The summed E-state index contributed by atoms with van der Waals surface area (Å²) in [5, 5.41) is 3.97. The Labute approximate surface area is 190 Å². The highest BCUT2D eigenvalue weighted by atomic mass is 35.5. The molecule has 0 unspecified atom stereocenters. The molecule has 3 rings (SSSR count). The Hall–Kier alpha value is -3.38. The number of H-pyrrole nitrogens is 2. The van der Waals surface area contributed by atoms with E-state index in [9.17, 15) is 19.2 Å². The highest BCUT2D eigenvalue weighted by Crippen LogP contribution is 2.09. The summed E-state index contributed by atoms with van der Waals surface area (Å²) in [6.45, 7) is 3.67. The third-order valence-corrected chi connectivity index (χ3v) is 4.27. The molecule has 0 aliphatic rings. The molecule has 0 radical (unpaired) electrons. The Kier molecular flexibility index (Phi) is 8.79. The summed E-state index contributed by atoms with van der Waals surface area (Å²) in [7, 11) is 0. The molecule has 0 aliphatic heterocycles. The normalized spacial score (nSPS) is 10.9.